The lowest BCUT2D eigenvalue weighted by Gasteiger charge is -2.60. The molecule has 0 atom stereocenters. The molecule has 4 fully saturated rings. The van der Waals surface area contributed by atoms with E-state index in [0.717, 1.165) is 24.3 Å². The molecule has 0 aromatic heterocycles. The lowest BCUT2D eigenvalue weighted by molar-refractivity contribution is -0.384. The topological polar surface area (TPSA) is 119 Å². The van der Waals surface area contributed by atoms with E-state index in [-0.39, 0.29) is 18.9 Å². The van der Waals surface area contributed by atoms with Gasteiger partial charge >= 0.3 is 0 Å². The summed E-state index contributed by atoms with van der Waals surface area (Å²) in [6.07, 6.45) is 0. The zero-order valence-electron chi connectivity index (χ0n) is 18.7. The Labute approximate surface area is 188 Å². The van der Waals surface area contributed by atoms with Gasteiger partial charge in [-0.2, -0.15) is 0 Å². The minimum atomic E-state index is -3.99. The highest BCUT2D eigenvalue weighted by Gasteiger charge is 2.59. The third-order valence-electron chi connectivity index (χ3n) is 6.15. The quantitative estimate of drug-likeness (QED) is 0.346. The monoisotopic (exact) mass is 466 g/mol. The van der Waals surface area contributed by atoms with Gasteiger partial charge in [0, 0.05) is 43.7 Å². The van der Waals surface area contributed by atoms with Gasteiger partial charge in [-0.15, -0.1) is 0 Å². The van der Waals surface area contributed by atoms with Crippen LogP contribution in [0.3, 0.4) is 0 Å². The number of carbonyl (C=O) groups is 1. The second kappa shape index (κ2) is 8.03. The predicted octanol–water partition coefficient (Wildman–Crippen LogP) is 0.405. The molecule has 4 heterocycles. The number of nitro benzene ring substituents is 1. The summed E-state index contributed by atoms with van der Waals surface area (Å²) in [5.41, 5.74) is -0.285. The second-order valence-corrected chi connectivity index (χ2v) is 12.3. The zero-order chi connectivity index (χ0) is 23.3. The average molecular weight is 467 g/mol. The molecular formula is C20H30N6O5S. The number of nitrogens with one attached hydrogen (secondary N) is 1. The zero-order valence-corrected chi connectivity index (χ0v) is 19.5. The summed E-state index contributed by atoms with van der Waals surface area (Å²) in [7, 11) is -3.99. The summed E-state index contributed by atoms with van der Waals surface area (Å²) in [4.78, 5) is 30.1. The summed E-state index contributed by atoms with van der Waals surface area (Å²) in [6, 6.07) is 6.13. The van der Waals surface area contributed by atoms with E-state index < -0.39 is 31.0 Å². The Morgan fingerprint density at radius 1 is 1.16 bits per heavy atom. The van der Waals surface area contributed by atoms with Crippen molar-refractivity contribution in [2.45, 2.75) is 32.1 Å². The Bertz CT molecular complexity index is 986. The van der Waals surface area contributed by atoms with Gasteiger partial charge in [-0.25, -0.2) is 12.7 Å². The minimum Gasteiger partial charge on any atom is -0.295 e. The fraction of sp³-hybridized carbons (Fsp3) is 0.650. The largest absolute Gasteiger partial charge is 0.295 e. The van der Waals surface area contributed by atoms with Gasteiger partial charge in [-0.1, -0.05) is 32.9 Å². The van der Waals surface area contributed by atoms with Gasteiger partial charge in [0.15, 0.2) is 0 Å². The van der Waals surface area contributed by atoms with Crippen molar-refractivity contribution in [1.29, 1.82) is 0 Å². The van der Waals surface area contributed by atoms with Crippen molar-refractivity contribution in [2.24, 2.45) is 5.41 Å². The first-order valence-corrected chi connectivity index (χ1v) is 12.0. The number of nitro groups is 1. The Morgan fingerprint density at radius 2 is 1.72 bits per heavy atom. The predicted molar refractivity (Wildman–Crippen MR) is 117 cm³/mol. The number of sulfonamides is 1. The Kier molecular flexibility index (Phi) is 5.78. The maximum absolute atomic E-state index is 14.0. The minimum absolute atomic E-state index is 0.0368. The molecule has 1 aromatic carbocycles. The molecular weight excluding hydrogens is 436 g/mol. The number of hydrogen-bond donors (Lipinski definition) is 1. The van der Waals surface area contributed by atoms with Gasteiger partial charge in [0.05, 0.1) is 31.6 Å². The molecule has 1 amide bonds. The van der Waals surface area contributed by atoms with Gasteiger partial charge in [0.2, 0.25) is 15.9 Å². The fourth-order valence-corrected chi connectivity index (χ4v) is 7.11. The Balaban J connectivity index is 1.56. The number of nitrogens with zero attached hydrogens (tertiary/aromatic N) is 5. The van der Waals surface area contributed by atoms with Crippen LogP contribution in [0.2, 0.25) is 0 Å². The van der Waals surface area contributed by atoms with Gasteiger partial charge in [0.1, 0.15) is 4.75 Å². The molecule has 5 rings (SSSR count). The number of carbonyl (C=O) groups excluding carboxylic acids is 1. The molecule has 32 heavy (non-hydrogen) atoms. The summed E-state index contributed by atoms with van der Waals surface area (Å²) >= 11 is 0. The smallest absolute Gasteiger partial charge is 0.269 e. The van der Waals surface area contributed by atoms with Crippen molar-refractivity contribution < 1.29 is 18.1 Å². The third-order valence-corrected chi connectivity index (χ3v) is 8.50. The van der Waals surface area contributed by atoms with Crippen LogP contribution in [0.25, 0.3) is 0 Å². The lowest BCUT2D eigenvalue weighted by Crippen LogP contribution is -2.79. The highest BCUT2D eigenvalue weighted by atomic mass is 32.2. The molecule has 0 saturated carbocycles. The maximum atomic E-state index is 14.0. The van der Waals surface area contributed by atoms with Crippen molar-refractivity contribution >= 4 is 21.6 Å². The molecule has 0 unspecified atom stereocenters. The van der Waals surface area contributed by atoms with E-state index in [0.29, 0.717) is 25.2 Å². The van der Waals surface area contributed by atoms with Gasteiger partial charge in [-0.3, -0.25) is 34.9 Å². The van der Waals surface area contributed by atoms with Crippen LogP contribution < -0.4 is 5.32 Å². The first-order valence-electron chi connectivity index (χ1n) is 10.6. The van der Waals surface area contributed by atoms with Crippen LogP contribution in [0.1, 0.15) is 26.3 Å². The molecule has 4 bridgehead atoms. The molecule has 0 spiro atoms. The van der Waals surface area contributed by atoms with E-state index in [1.165, 1.54) is 12.1 Å². The second-order valence-electron chi connectivity index (χ2n) is 10.0. The van der Waals surface area contributed by atoms with Crippen LogP contribution in [-0.2, 0) is 21.4 Å². The first-order chi connectivity index (χ1) is 14.9. The van der Waals surface area contributed by atoms with Crippen LogP contribution in [0.15, 0.2) is 24.3 Å². The fourth-order valence-electron chi connectivity index (χ4n) is 4.86. The van der Waals surface area contributed by atoms with Crippen molar-refractivity contribution in [1.82, 2.24) is 24.3 Å². The summed E-state index contributed by atoms with van der Waals surface area (Å²) in [6.45, 7) is 8.55. The normalized spacial score (nSPS) is 29.2. The maximum Gasteiger partial charge on any atom is 0.269 e. The highest BCUT2D eigenvalue weighted by molar-refractivity contribution is 7.91. The molecule has 4 aliphatic rings. The van der Waals surface area contributed by atoms with Crippen LogP contribution in [0.4, 0.5) is 5.69 Å². The Hall–Kier alpha value is -2.12. The lowest BCUT2D eigenvalue weighted by atomic mass is 9.96. The third kappa shape index (κ3) is 4.13. The highest BCUT2D eigenvalue weighted by Crippen LogP contribution is 2.37. The standard InChI is InChI=1S/C20H30N6O5S/c1-19(2,3)18(27)25(12-21-8-16-5-4-6-17(7-16)26(28)29)32(30,31)20-9-22-13-23(10-20)15-24(11-20)14-22/h4-7,21H,8-15H2,1-3H3. The van der Waals surface area contributed by atoms with E-state index in [4.69, 9.17) is 0 Å². The number of hydrogen-bond acceptors (Lipinski definition) is 9. The van der Waals surface area contributed by atoms with E-state index in [1.807, 2.05) is 0 Å². The van der Waals surface area contributed by atoms with Crippen LogP contribution in [-0.4, -0.2) is 89.3 Å². The summed E-state index contributed by atoms with van der Waals surface area (Å²) < 4.78 is 27.8. The molecule has 4 saturated heterocycles. The van der Waals surface area contributed by atoms with E-state index in [9.17, 15) is 23.3 Å². The SMILES string of the molecule is CC(C)(C)C(=O)N(CNCc1cccc([N+](=O)[O-])c1)S(=O)(=O)C12CN3CN(CN(C3)C1)C2. The number of benzene rings is 1. The average Bonchev–Trinajstić information content (AvgIpc) is 2.69. The molecule has 12 heteroatoms. The van der Waals surface area contributed by atoms with Gasteiger partial charge in [-0.05, 0) is 5.56 Å². The summed E-state index contributed by atoms with van der Waals surface area (Å²) in [5, 5.41) is 14.0. The molecule has 4 aliphatic heterocycles. The van der Waals surface area contributed by atoms with E-state index in [2.05, 4.69) is 20.0 Å². The van der Waals surface area contributed by atoms with Gasteiger partial charge < -0.3 is 0 Å². The number of non-ortho nitro benzene ring substituents is 1. The molecule has 11 nitrogen and oxygen atoms in total. The first kappa shape index (κ1) is 23.1. The van der Waals surface area contributed by atoms with E-state index >= 15 is 0 Å². The molecule has 0 aliphatic carbocycles. The molecule has 176 valence electrons. The van der Waals surface area contributed by atoms with Gasteiger partial charge in [0.25, 0.3) is 5.69 Å². The van der Waals surface area contributed by atoms with Crippen molar-refractivity contribution in [2.75, 3.05) is 46.3 Å². The van der Waals surface area contributed by atoms with Crippen molar-refractivity contribution in [3.05, 3.63) is 39.9 Å². The molecule has 1 N–H and O–H groups in total. The molecule has 1 aromatic rings. The van der Waals surface area contributed by atoms with Crippen molar-refractivity contribution in [3.63, 3.8) is 0 Å². The van der Waals surface area contributed by atoms with E-state index in [1.54, 1.807) is 32.9 Å². The number of rotatable bonds is 7. The Morgan fingerprint density at radius 3 is 2.22 bits per heavy atom. The number of amides is 1. The van der Waals surface area contributed by atoms with Crippen LogP contribution in [0.5, 0.6) is 0 Å². The summed E-state index contributed by atoms with van der Waals surface area (Å²) in [5.74, 6) is -0.472. The molecule has 0 radical (unpaired) electrons. The van der Waals surface area contributed by atoms with Crippen LogP contribution in [0, 0.1) is 15.5 Å². The van der Waals surface area contributed by atoms with Crippen LogP contribution >= 0.6 is 0 Å². The van der Waals surface area contributed by atoms with Crippen molar-refractivity contribution in [3.8, 4) is 0 Å².